The molecule has 1 heterocycles. The van der Waals surface area contributed by atoms with Gasteiger partial charge in [-0.25, -0.2) is 0 Å². The fourth-order valence-corrected chi connectivity index (χ4v) is 3.81. The van der Waals surface area contributed by atoms with Crippen molar-refractivity contribution < 1.29 is 28.8 Å². The summed E-state index contributed by atoms with van der Waals surface area (Å²) in [4.78, 5) is 13.8. The van der Waals surface area contributed by atoms with Crippen molar-refractivity contribution in [2.24, 2.45) is 0 Å². The van der Waals surface area contributed by atoms with Crippen LogP contribution in [0, 0.1) is 0 Å². The van der Waals surface area contributed by atoms with Crippen molar-refractivity contribution in [1.29, 1.82) is 0 Å². The van der Waals surface area contributed by atoms with E-state index in [0.29, 0.717) is 39.7 Å². The lowest BCUT2D eigenvalue weighted by Crippen LogP contribution is -2.43. The summed E-state index contributed by atoms with van der Waals surface area (Å²) in [5.74, 6) is 1.48. The number of carbonyl (C=O) groups excluding carboxylic acids is 1. The van der Waals surface area contributed by atoms with Gasteiger partial charge in [0.15, 0.2) is 0 Å². The van der Waals surface area contributed by atoms with Crippen LogP contribution in [0.2, 0.25) is 0 Å². The highest BCUT2D eigenvalue weighted by molar-refractivity contribution is 6.04. The molecule has 3 aromatic rings. The van der Waals surface area contributed by atoms with E-state index in [1.54, 1.807) is 67.8 Å². The minimum absolute atomic E-state index is 0.332. The molecule has 30 heavy (non-hydrogen) atoms. The number of rotatable bonds is 6. The van der Waals surface area contributed by atoms with E-state index in [2.05, 4.69) is 0 Å². The molecule has 3 aromatic carbocycles. The lowest BCUT2D eigenvalue weighted by Gasteiger charge is -2.31. The Bertz CT molecular complexity index is 1060. The lowest BCUT2D eigenvalue weighted by atomic mass is 9.80. The van der Waals surface area contributed by atoms with E-state index in [4.69, 9.17) is 18.9 Å². The number of ether oxygens (including phenoxy) is 4. The largest absolute Gasteiger partial charge is 0.497 e. The maximum absolute atomic E-state index is 13.8. The topological polar surface area (TPSA) is 74.2 Å². The second-order valence-corrected chi connectivity index (χ2v) is 6.91. The lowest BCUT2D eigenvalue weighted by molar-refractivity contribution is -0.0157. The van der Waals surface area contributed by atoms with Gasteiger partial charge in [0.25, 0.3) is 0 Å². The number of ketones is 1. The number of fused-ring (bicyclic) bond motifs is 1. The van der Waals surface area contributed by atoms with Gasteiger partial charge in [-0.05, 0) is 12.1 Å². The SMILES string of the molecule is COc1ccc(C2(C(=O)c3ccccc3)Oc3cc(OC)cc(OC)c3C2O)cc1. The third-order valence-electron chi connectivity index (χ3n) is 5.35. The first-order valence-electron chi connectivity index (χ1n) is 9.42. The quantitative estimate of drug-likeness (QED) is 0.626. The van der Waals surface area contributed by atoms with E-state index in [1.807, 2.05) is 6.07 Å². The fourth-order valence-electron chi connectivity index (χ4n) is 3.81. The highest BCUT2D eigenvalue weighted by Gasteiger charge is 2.56. The number of aliphatic hydroxyl groups excluding tert-OH is 1. The van der Waals surface area contributed by atoms with E-state index in [-0.39, 0.29) is 5.78 Å². The first kappa shape index (κ1) is 19.8. The first-order chi connectivity index (χ1) is 14.5. The van der Waals surface area contributed by atoms with E-state index in [0.717, 1.165) is 0 Å². The van der Waals surface area contributed by atoms with Gasteiger partial charge in [0.1, 0.15) is 29.1 Å². The number of Topliss-reactive ketones (excluding diaryl/α,β-unsaturated/α-hetero) is 1. The Kier molecular flexibility index (Phi) is 5.10. The molecule has 0 fully saturated rings. The van der Waals surface area contributed by atoms with Crippen LogP contribution in [-0.4, -0.2) is 32.2 Å². The summed E-state index contributed by atoms with van der Waals surface area (Å²) in [5, 5.41) is 11.5. The van der Waals surface area contributed by atoms with E-state index in [9.17, 15) is 9.90 Å². The zero-order valence-corrected chi connectivity index (χ0v) is 16.9. The number of aliphatic hydroxyl groups is 1. The first-order valence-corrected chi connectivity index (χ1v) is 9.42. The molecule has 0 amide bonds. The maximum Gasteiger partial charge on any atom is 0.226 e. The number of carbonyl (C=O) groups is 1. The Labute approximate surface area is 174 Å². The molecule has 4 rings (SSSR count). The fraction of sp³-hybridized carbons (Fsp3) is 0.208. The van der Waals surface area contributed by atoms with Crippen LogP contribution in [-0.2, 0) is 5.60 Å². The second kappa shape index (κ2) is 7.72. The molecular formula is C24H22O6. The number of hydrogen-bond donors (Lipinski definition) is 1. The Morgan fingerprint density at radius 1 is 0.900 bits per heavy atom. The van der Waals surface area contributed by atoms with Crippen LogP contribution < -0.4 is 18.9 Å². The molecule has 0 aliphatic carbocycles. The maximum atomic E-state index is 13.8. The van der Waals surface area contributed by atoms with Gasteiger partial charge in [0.2, 0.25) is 11.4 Å². The molecule has 2 atom stereocenters. The van der Waals surface area contributed by atoms with Crippen molar-refractivity contribution in [3.8, 4) is 23.0 Å². The van der Waals surface area contributed by atoms with E-state index in [1.165, 1.54) is 14.2 Å². The van der Waals surface area contributed by atoms with Crippen LogP contribution in [0.5, 0.6) is 23.0 Å². The zero-order chi connectivity index (χ0) is 21.3. The normalized spacial score (nSPS) is 19.5. The van der Waals surface area contributed by atoms with Gasteiger partial charge in [0.05, 0.1) is 26.9 Å². The highest BCUT2D eigenvalue weighted by Crippen LogP contribution is 2.55. The summed E-state index contributed by atoms with van der Waals surface area (Å²) in [5.41, 5.74) is -0.360. The van der Waals surface area contributed by atoms with Gasteiger partial charge >= 0.3 is 0 Å². The molecular weight excluding hydrogens is 384 g/mol. The predicted octanol–water partition coefficient (Wildman–Crippen LogP) is 3.92. The minimum Gasteiger partial charge on any atom is -0.497 e. The Hall–Kier alpha value is -3.51. The Morgan fingerprint density at radius 3 is 2.17 bits per heavy atom. The van der Waals surface area contributed by atoms with Crippen molar-refractivity contribution in [3.63, 3.8) is 0 Å². The third kappa shape index (κ3) is 2.97. The molecule has 0 spiro atoms. The van der Waals surface area contributed by atoms with E-state index >= 15 is 0 Å². The van der Waals surface area contributed by atoms with Crippen molar-refractivity contribution >= 4 is 5.78 Å². The second-order valence-electron chi connectivity index (χ2n) is 6.91. The monoisotopic (exact) mass is 406 g/mol. The molecule has 1 N–H and O–H groups in total. The zero-order valence-electron chi connectivity index (χ0n) is 16.9. The number of benzene rings is 3. The van der Waals surface area contributed by atoms with Crippen LogP contribution in [0.3, 0.4) is 0 Å². The summed E-state index contributed by atoms with van der Waals surface area (Å²) < 4.78 is 22.3. The Morgan fingerprint density at radius 2 is 1.57 bits per heavy atom. The van der Waals surface area contributed by atoms with Gasteiger partial charge in [-0.2, -0.15) is 0 Å². The van der Waals surface area contributed by atoms with Gasteiger partial charge in [-0.3, -0.25) is 4.79 Å². The molecule has 2 unspecified atom stereocenters. The summed E-state index contributed by atoms with van der Waals surface area (Å²) in [7, 11) is 4.58. The molecule has 0 bridgehead atoms. The van der Waals surface area contributed by atoms with Crippen LogP contribution in [0.25, 0.3) is 0 Å². The van der Waals surface area contributed by atoms with Gasteiger partial charge in [0, 0.05) is 23.3 Å². The molecule has 1 aliphatic heterocycles. The molecule has 1 aliphatic rings. The van der Waals surface area contributed by atoms with Gasteiger partial charge < -0.3 is 24.1 Å². The molecule has 6 nitrogen and oxygen atoms in total. The van der Waals surface area contributed by atoms with Crippen molar-refractivity contribution in [1.82, 2.24) is 0 Å². The van der Waals surface area contributed by atoms with Crippen molar-refractivity contribution in [2.45, 2.75) is 11.7 Å². The minimum atomic E-state index is -1.68. The van der Waals surface area contributed by atoms with Crippen molar-refractivity contribution in [3.05, 3.63) is 83.4 Å². The smallest absolute Gasteiger partial charge is 0.226 e. The van der Waals surface area contributed by atoms with Gasteiger partial charge in [-0.1, -0.05) is 42.5 Å². The highest BCUT2D eigenvalue weighted by atomic mass is 16.5. The Balaban J connectivity index is 1.93. The third-order valence-corrected chi connectivity index (χ3v) is 5.35. The molecule has 0 radical (unpaired) electrons. The summed E-state index contributed by atoms with van der Waals surface area (Å²) >= 11 is 0. The predicted molar refractivity (Wildman–Crippen MR) is 111 cm³/mol. The molecule has 0 aromatic heterocycles. The summed E-state index contributed by atoms with van der Waals surface area (Å²) in [6.07, 6.45) is -1.30. The van der Waals surface area contributed by atoms with Crippen molar-refractivity contribution in [2.75, 3.05) is 21.3 Å². The number of hydrogen-bond acceptors (Lipinski definition) is 6. The summed E-state index contributed by atoms with van der Waals surface area (Å²) in [6, 6.07) is 19.0. The van der Waals surface area contributed by atoms with Crippen LogP contribution in [0.1, 0.15) is 27.6 Å². The molecule has 6 heteroatoms. The standard InChI is InChI=1S/C24H22O6/c1-27-17-11-9-16(10-12-17)24(22(25)15-7-5-4-6-8-15)23(26)21-19(29-3)13-18(28-2)14-20(21)30-24/h4-14,23,26H,1-3H3. The molecule has 0 saturated carbocycles. The number of methoxy groups -OCH3 is 3. The van der Waals surface area contributed by atoms with Crippen LogP contribution in [0.4, 0.5) is 0 Å². The van der Waals surface area contributed by atoms with E-state index < -0.39 is 11.7 Å². The van der Waals surface area contributed by atoms with Crippen LogP contribution >= 0.6 is 0 Å². The van der Waals surface area contributed by atoms with Gasteiger partial charge in [-0.15, -0.1) is 0 Å². The average molecular weight is 406 g/mol. The summed E-state index contributed by atoms with van der Waals surface area (Å²) in [6.45, 7) is 0. The molecule has 154 valence electrons. The average Bonchev–Trinajstić information content (AvgIpc) is 3.11. The van der Waals surface area contributed by atoms with Crippen LogP contribution in [0.15, 0.2) is 66.7 Å². The molecule has 0 saturated heterocycles.